The van der Waals surface area contributed by atoms with E-state index in [2.05, 4.69) is 27.4 Å². The standard InChI is InChI=1S/C22H30N4O2/c27-21(24-16-19-15-17-7-8-18(19)14-17)5-3-6-22(28)26-12-10-25(11-13-26)20-4-1-2-9-23-20/h1-2,4,7-9,17-19H,3,5-6,10-16H2,(H,24,27)/t17-,18-,19-/m0/s1. The van der Waals surface area contributed by atoms with Crippen LogP contribution < -0.4 is 10.2 Å². The minimum absolute atomic E-state index is 0.0829. The van der Waals surface area contributed by atoms with Crippen molar-refractivity contribution in [3.05, 3.63) is 36.5 Å². The van der Waals surface area contributed by atoms with Crippen molar-refractivity contribution < 1.29 is 9.59 Å². The molecule has 0 aromatic carbocycles. The summed E-state index contributed by atoms with van der Waals surface area (Å²) < 4.78 is 0. The van der Waals surface area contributed by atoms with Gasteiger partial charge in [0, 0.05) is 51.8 Å². The minimum Gasteiger partial charge on any atom is -0.356 e. The van der Waals surface area contributed by atoms with E-state index in [9.17, 15) is 9.59 Å². The quantitative estimate of drug-likeness (QED) is 0.735. The number of amides is 2. The Hall–Kier alpha value is -2.37. The molecular weight excluding hydrogens is 352 g/mol. The zero-order valence-corrected chi connectivity index (χ0v) is 16.4. The van der Waals surface area contributed by atoms with Crippen LogP contribution in [0.2, 0.25) is 0 Å². The number of piperazine rings is 1. The summed E-state index contributed by atoms with van der Waals surface area (Å²) >= 11 is 0. The van der Waals surface area contributed by atoms with Crippen LogP contribution in [-0.4, -0.2) is 54.4 Å². The molecule has 3 aliphatic rings. The molecule has 2 fully saturated rings. The van der Waals surface area contributed by atoms with Gasteiger partial charge in [0.05, 0.1) is 0 Å². The monoisotopic (exact) mass is 382 g/mol. The molecule has 1 saturated heterocycles. The van der Waals surface area contributed by atoms with Crippen molar-refractivity contribution in [3.63, 3.8) is 0 Å². The van der Waals surface area contributed by atoms with Crippen molar-refractivity contribution in [1.82, 2.24) is 15.2 Å². The fraction of sp³-hybridized carbons (Fsp3) is 0.591. The van der Waals surface area contributed by atoms with Crippen LogP contribution in [0.3, 0.4) is 0 Å². The van der Waals surface area contributed by atoms with Crippen molar-refractivity contribution in [2.75, 3.05) is 37.6 Å². The normalized spacial score (nSPS) is 25.9. The summed E-state index contributed by atoms with van der Waals surface area (Å²) in [6.45, 7) is 3.84. The second kappa shape index (κ2) is 8.76. The van der Waals surface area contributed by atoms with Crippen LogP contribution in [0.25, 0.3) is 0 Å². The molecule has 1 aromatic heterocycles. The van der Waals surface area contributed by atoms with E-state index in [1.165, 1.54) is 12.8 Å². The number of hydrogen-bond donors (Lipinski definition) is 1. The first-order chi connectivity index (χ1) is 13.7. The van der Waals surface area contributed by atoms with Gasteiger partial charge in [0.1, 0.15) is 5.82 Å². The third kappa shape index (κ3) is 4.54. The molecule has 0 unspecified atom stereocenters. The minimum atomic E-state index is 0.0829. The van der Waals surface area contributed by atoms with Crippen LogP contribution >= 0.6 is 0 Å². The Morgan fingerprint density at radius 3 is 2.61 bits per heavy atom. The van der Waals surface area contributed by atoms with Crippen LogP contribution in [0.1, 0.15) is 32.1 Å². The predicted octanol–water partition coefficient (Wildman–Crippen LogP) is 2.23. The average Bonchev–Trinajstić information content (AvgIpc) is 3.36. The summed E-state index contributed by atoms with van der Waals surface area (Å²) in [7, 11) is 0. The van der Waals surface area contributed by atoms with Gasteiger partial charge in [-0.15, -0.1) is 0 Å². The molecule has 1 aliphatic heterocycles. The number of carbonyl (C=O) groups excluding carboxylic acids is 2. The second-order valence-electron chi connectivity index (χ2n) is 8.25. The van der Waals surface area contributed by atoms with Crippen LogP contribution in [-0.2, 0) is 9.59 Å². The molecule has 2 bridgehead atoms. The Kier molecular flexibility index (Phi) is 5.93. The van der Waals surface area contributed by atoms with Gasteiger partial charge < -0.3 is 15.1 Å². The van der Waals surface area contributed by atoms with Crippen molar-refractivity contribution in [3.8, 4) is 0 Å². The molecule has 2 heterocycles. The van der Waals surface area contributed by atoms with E-state index in [0.29, 0.717) is 31.1 Å². The summed E-state index contributed by atoms with van der Waals surface area (Å²) in [5, 5.41) is 3.08. The Morgan fingerprint density at radius 1 is 1.07 bits per heavy atom. The average molecular weight is 383 g/mol. The summed E-state index contributed by atoms with van der Waals surface area (Å²) in [6.07, 6.45) is 10.4. The molecule has 1 aromatic rings. The van der Waals surface area contributed by atoms with Gasteiger partial charge in [0.15, 0.2) is 0 Å². The first kappa shape index (κ1) is 19.0. The maximum atomic E-state index is 12.4. The van der Waals surface area contributed by atoms with Gasteiger partial charge in [0.2, 0.25) is 11.8 Å². The highest BCUT2D eigenvalue weighted by Gasteiger charge is 2.35. The summed E-state index contributed by atoms with van der Waals surface area (Å²) in [4.78, 5) is 33.0. The lowest BCUT2D eigenvalue weighted by Gasteiger charge is -2.35. The number of nitrogens with one attached hydrogen (secondary N) is 1. The first-order valence-corrected chi connectivity index (χ1v) is 10.6. The maximum Gasteiger partial charge on any atom is 0.222 e. The Bertz CT molecular complexity index is 713. The highest BCUT2D eigenvalue weighted by Crippen LogP contribution is 2.42. The third-order valence-electron chi connectivity index (χ3n) is 6.38. The van der Waals surface area contributed by atoms with Gasteiger partial charge in [-0.2, -0.15) is 0 Å². The van der Waals surface area contributed by atoms with Gasteiger partial charge >= 0.3 is 0 Å². The van der Waals surface area contributed by atoms with Gasteiger partial charge in [-0.25, -0.2) is 4.98 Å². The number of allylic oxidation sites excluding steroid dienone is 2. The number of hydrogen-bond acceptors (Lipinski definition) is 4. The molecule has 0 radical (unpaired) electrons. The number of fused-ring (bicyclic) bond motifs is 2. The van der Waals surface area contributed by atoms with E-state index in [-0.39, 0.29) is 11.8 Å². The zero-order chi connectivity index (χ0) is 19.3. The summed E-state index contributed by atoms with van der Waals surface area (Å²) in [5.74, 6) is 3.22. The molecule has 1 saturated carbocycles. The molecule has 6 nitrogen and oxygen atoms in total. The van der Waals surface area contributed by atoms with Crippen LogP contribution in [0.15, 0.2) is 36.5 Å². The molecule has 0 spiro atoms. The Morgan fingerprint density at radius 2 is 1.93 bits per heavy atom. The molecule has 28 heavy (non-hydrogen) atoms. The van der Waals surface area contributed by atoms with Gasteiger partial charge in [-0.05, 0) is 49.1 Å². The number of rotatable bonds is 7. The van der Waals surface area contributed by atoms with Crippen LogP contribution in [0.5, 0.6) is 0 Å². The number of pyridine rings is 1. The third-order valence-corrected chi connectivity index (χ3v) is 6.38. The van der Waals surface area contributed by atoms with Crippen molar-refractivity contribution in [2.45, 2.75) is 32.1 Å². The number of carbonyl (C=O) groups is 2. The van der Waals surface area contributed by atoms with Gasteiger partial charge in [-0.1, -0.05) is 18.2 Å². The SMILES string of the molecule is O=C(CCCC(=O)N1CCN(c2ccccn2)CC1)NC[C@@H]1C[C@H]2C=C[C@H]1C2. The maximum absolute atomic E-state index is 12.4. The summed E-state index contributed by atoms with van der Waals surface area (Å²) in [6, 6.07) is 5.90. The zero-order valence-electron chi connectivity index (χ0n) is 16.4. The highest BCUT2D eigenvalue weighted by molar-refractivity contribution is 5.79. The number of anilines is 1. The number of nitrogens with zero attached hydrogens (tertiary/aromatic N) is 3. The molecule has 3 atom stereocenters. The van der Waals surface area contributed by atoms with E-state index < -0.39 is 0 Å². The first-order valence-electron chi connectivity index (χ1n) is 10.6. The van der Waals surface area contributed by atoms with E-state index in [1.54, 1.807) is 6.20 Å². The second-order valence-corrected chi connectivity index (χ2v) is 8.25. The predicted molar refractivity (Wildman–Crippen MR) is 109 cm³/mol. The molecule has 150 valence electrons. The molecule has 4 rings (SSSR count). The molecule has 2 amide bonds. The molecule has 2 aliphatic carbocycles. The van der Waals surface area contributed by atoms with E-state index in [1.807, 2.05) is 23.1 Å². The number of aromatic nitrogens is 1. The lowest BCUT2D eigenvalue weighted by molar-refractivity contribution is -0.131. The molecule has 6 heteroatoms. The summed E-state index contributed by atoms with van der Waals surface area (Å²) in [5.41, 5.74) is 0. The molecular formula is C22H30N4O2. The smallest absolute Gasteiger partial charge is 0.222 e. The molecule has 1 N–H and O–H groups in total. The Balaban J connectivity index is 1.10. The van der Waals surface area contributed by atoms with E-state index in [0.717, 1.165) is 44.5 Å². The Labute approximate surface area is 167 Å². The van der Waals surface area contributed by atoms with Crippen LogP contribution in [0.4, 0.5) is 5.82 Å². The topological polar surface area (TPSA) is 65.5 Å². The fourth-order valence-electron chi connectivity index (χ4n) is 4.75. The highest BCUT2D eigenvalue weighted by atomic mass is 16.2. The van der Waals surface area contributed by atoms with Crippen molar-refractivity contribution >= 4 is 17.6 Å². The van der Waals surface area contributed by atoms with Crippen molar-refractivity contribution in [1.29, 1.82) is 0 Å². The van der Waals surface area contributed by atoms with Crippen molar-refractivity contribution in [2.24, 2.45) is 17.8 Å². The largest absolute Gasteiger partial charge is 0.356 e. The van der Waals surface area contributed by atoms with Crippen LogP contribution in [0, 0.1) is 17.8 Å². The van der Waals surface area contributed by atoms with Gasteiger partial charge in [-0.3, -0.25) is 9.59 Å². The van der Waals surface area contributed by atoms with E-state index in [4.69, 9.17) is 0 Å². The lowest BCUT2D eigenvalue weighted by atomic mass is 9.93. The van der Waals surface area contributed by atoms with E-state index >= 15 is 0 Å². The van der Waals surface area contributed by atoms with Gasteiger partial charge in [0.25, 0.3) is 0 Å². The fourth-order valence-corrected chi connectivity index (χ4v) is 4.75. The lowest BCUT2D eigenvalue weighted by Crippen LogP contribution is -2.49.